The van der Waals surface area contributed by atoms with Crippen LogP contribution in [-0.2, 0) is 13.1 Å². The number of aromatic nitrogens is 2. The van der Waals surface area contributed by atoms with Gasteiger partial charge in [-0.2, -0.15) is 0 Å². The first-order chi connectivity index (χ1) is 13.6. The van der Waals surface area contributed by atoms with Crippen LogP contribution < -0.4 is 10.1 Å². The Balaban J connectivity index is 1.60. The summed E-state index contributed by atoms with van der Waals surface area (Å²) in [6.45, 7) is 3.93. The van der Waals surface area contributed by atoms with Crippen LogP contribution >= 0.6 is 11.3 Å². The van der Waals surface area contributed by atoms with Gasteiger partial charge in [0.1, 0.15) is 16.6 Å². The fourth-order valence-electron chi connectivity index (χ4n) is 2.63. The highest BCUT2D eigenvalue weighted by Gasteiger charge is 2.15. The molecule has 1 heterocycles. The SMILES string of the molecule is CCN(Cc1cccc(F)c1)Cc1nnc(C(=O)Nc2ccc(OC)cc2)s1. The Morgan fingerprint density at radius 1 is 1.18 bits per heavy atom. The lowest BCUT2D eigenvalue weighted by Crippen LogP contribution is -2.22. The molecular formula is C20H21FN4O2S. The Morgan fingerprint density at radius 2 is 1.96 bits per heavy atom. The average molecular weight is 400 g/mol. The smallest absolute Gasteiger partial charge is 0.286 e. The van der Waals surface area contributed by atoms with E-state index in [4.69, 9.17) is 4.74 Å². The summed E-state index contributed by atoms with van der Waals surface area (Å²) < 4.78 is 18.5. The number of methoxy groups -OCH3 is 1. The largest absolute Gasteiger partial charge is 0.497 e. The number of hydrogen-bond donors (Lipinski definition) is 1. The van der Waals surface area contributed by atoms with E-state index >= 15 is 0 Å². The molecule has 8 heteroatoms. The highest BCUT2D eigenvalue weighted by molar-refractivity contribution is 7.13. The molecular weight excluding hydrogens is 379 g/mol. The zero-order valence-corrected chi connectivity index (χ0v) is 16.5. The molecule has 0 bridgehead atoms. The van der Waals surface area contributed by atoms with Crippen molar-refractivity contribution in [1.29, 1.82) is 0 Å². The minimum Gasteiger partial charge on any atom is -0.497 e. The van der Waals surface area contributed by atoms with Crippen molar-refractivity contribution in [3.05, 3.63) is 69.9 Å². The summed E-state index contributed by atoms with van der Waals surface area (Å²) >= 11 is 1.25. The maximum absolute atomic E-state index is 13.4. The van der Waals surface area contributed by atoms with Crippen LogP contribution in [0, 0.1) is 5.82 Å². The van der Waals surface area contributed by atoms with E-state index in [1.54, 1.807) is 37.4 Å². The van der Waals surface area contributed by atoms with E-state index < -0.39 is 0 Å². The highest BCUT2D eigenvalue weighted by Crippen LogP contribution is 2.18. The second-order valence-corrected chi connectivity index (χ2v) is 7.18. The van der Waals surface area contributed by atoms with Crippen LogP contribution in [0.2, 0.25) is 0 Å². The molecule has 0 unspecified atom stereocenters. The topological polar surface area (TPSA) is 67.4 Å². The number of carbonyl (C=O) groups is 1. The predicted molar refractivity (Wildman–Crippen MR) is 107 cm³/mol. The summed E-state index contributed by atoms with van der Waals surface area (Å²) in [7, 11) is 1.59. The Hall–Kier alpha value is -2.84. The fraction of sp³-hybridized carbons (Fsp3) is 0.250. The molecule has 28 heavy (non-hydrogen) atoms. The predicted octanol–water partition coefficient (Wildman–Crippen LogP) is 3.96. The quantitative estimate of drug-likeness (QED) is 0.620. The minimum absolute atomic E-state index is 0.248. The highest BCUT2D eigenvalue weighted by atomic mass is 32.1. The van der Waals surface area contributed by atoms with E-state index in [2.05, 4.69) is 20.4 Å². The van der Waals surface area contributed by atoms with E-state index in [1.165, 1.54) is 23.5 Å². The number of ether oxygens (including phenoxy) is 1. The molecule has 0 saturated carbocycles. The molecule has 0 aliphatic heterocycles. The molecule has 146 valence electrons. The summed E-state index contributed by atoms with van der Waals surface area (Å²) in [6, 6.07) is 13.6. The van der Waals surface area contributed by atoms with Gasteiger partial charge in [-0.1, -0.05) is 30.4 Å². The van der Waals surface area contributed by atoms with Crippen molar-refractivity contribution in [2.45, 2.75) is 20.0 Å². The van der Waals surface area contributed by atoms with E-state index in [0.717, 1.165) is 17.1 Å². The molecule has 3 aromatic rings. The van der Waals surface area contributed by atoms with Crippen LogP contribution in [-0.4, -0.2) is 34.7 Å². The Labute approximate surface area is 167 Å². The van der Waals surface area contributed by atoms with E-state index in [1.807, 2.05) is 13.0 Å². The summed E-state index contributed by atoms with van der Waals surface area (Å²) in [5.74, 6) is 0.165. The van der Waals surface area contributed by atoms with Crippen LogP contribution in [0.5, 0.6) is 5.75 Å². The molecule has 0 saturated heterocycles. The molecule has 0 atom stereocenters. The lowest BCUT2D eigenvalue weighted by atomic mass is 10.2. The number of nitrogens with zero attached hydrogens (tertiary/aromatic N) is 3. The molecule has 0 radical (unpaired) electrons. The van der Waals surface area contributed by atoms with Crippen molar-refractivity contribution >= 4 is 22.9 Å². The van der Waals surface area contributed by atoms with Crippen LogP contribution in [0.1, 0.15) is 27.3 Å². The number of halogens is 1. The number of hydrogen-bond acceptors (Lipinski definition) is 6. The monoisotopic (exact) mass is 400 g/mol. The van der Waals surface area contributed by atoms with Gasteiger partial charge in [0.05, 0.1) is 13.7 Å². The third-order valence-electron chi connectivity index (χ3n) is 4.11. The van der Waals surface area contributed by atoms with Gasteiger partial charge >= 0.3 is 0 Å². The Morgan fingerprint density at radius 3 is 2.64 bits per heavy atom. The molecule has 1 amide bonds. The molecule has 6 nitrogen and oxygen atoms in total. The summed E-state index contributed by atoms with van der Waals surface area (Å²) in [5, 5.41) is 12.0. The lowest BCUT2D eigenvalue weighted by molar-refractivity contribution is 0.102. The summed E-state index contributed by atoms with van der Waals surface area (Å²) in [4.78, 5) is 14.5. The van der Waals surface area contributed by atoms with Crippen molar-refractivity contribution in [2.24, 2.45) is 0 Å². The van der Waals surface area contributed by atoms with Gasteiger partial charge in [0.25, 0.3) is 5.91 Å². The first-order valence-corrected chi connectivity index (χ1v) is 9.63. The van der Waals surface area contributed by atoms with Crippen molar-refractivity contribution in [1.82, 2.24) is 15.1 Å². The number of nitrogens with one attached hydrogen (secondary N) is 1. The van der Waals surface area contributed by atoms with E-state index in [0.29, 0.717) is 29.5 Å². The van der Waals surface area contributed by atoms with Gasteiger partial charge in [-0.05, 0) is 48.5 Å². The Bertz CT molecular complexity index is 930. The zero-order valence-electron chi connectivity index (χ0n) is 15.7. The molecule has 1 aromatic heterocycles. The zero-order chi connectivity index (χ0) is 19.9. The van der Waals surface area contributed by atoms with Crippen LogP contribution in [0.4, 0.5) is 10.1 Å². The first kappa shape index (κ1) is 19.9. The lowest BCUT2D eigenvalue weighted by Gasteiger charge is -2.18. The maximum atomic E-state index is 13.4. The molecule has 0 fully saturated rings. The molecule has 3 rings (SSSR count). The van der Waals surface area contributed by atoms with Crippen molar-refractivity contribution in [2.75, 3.05) is 19.0 Å². The van der Waals surface area contributed by atoms with Crippen molar-refractivity contribution in [3.63, 3.8) is 0 Å². The number of amides is 1. The van der Waals surface area contributed by atoms with Crippen LogP contribution in [0.25, 0.3) is 0 Å². The molecule has 0 spiro atoms. The van der Waals surface area contributed by atoms with Gasteiger partial charge in [0.2, 0.25) is 5.01 Å². The summed E-state index contributed by atoms with van der Waals surface area (Å²) in [6.07, 6.45) is 0. The normalized spacial score (nSPS) is 10.9. The molecule has 1 N–H and O–H groups in total. The third-order valence-corrected chi connectivity index (χ3v) is 5.02. The second kappa shape index (κ2) is 9.38. The van der Waals surface area contributed by atoms with Gasteiger partial charge in [-0.3, -0.25) is 9.69 Å². The standard InChI is InChI=1S/C20H21FN4O2S/c1-3-25(12-14-5-4-6-15(21)11-14)13-18-23-24-20(28-18)19(26)22-16-7-9-17(27-2)10-8-16/h4-11H,3,12-13H2,1-2H3,(H,22,26). The number of rotatable bonds is 8. The summed E-state index contributed by atoms with van der Waals surface area (Å²) in [5.41, 5.74) is 1.55. The minimum atomic E-state index is -0.304. The number of carbonyl (C=O) groups excluding carboxylic acids is 1. The van der Waals surface area contributed by atoms with Gasteiger partial charge in [0.15, 0.2) is 0 Å². The van der Waals surface area contributed by atoms with Crippen molar-refractivity contribution in [3.8, 4) is 5.75 Å². The molecule has 2 aromatic carbocycles. The van der Waals surface area contributed by atoms with Crippen LogP contribution in [0.3, 0.4) is 0 Å². The maximum Gasteiger partial charge on any atom is 0.286 e. The van der Waals surface area contributed by atoms with Gasteiger partial charge in [0, 0.05) is 12.2 Å². The first-order valence-electron chi connectivity index (χ1n) is 8.82. The third kappa shape index (κ3) is 5.34. The van der Waals surface area contributed by atoms with Gasteiger partial charge in [-0.15, -0.1) is 10.2 Å². The van der Waals surface area contributed by atoms with Crippen molar-refractivity contribution < 1.29 is 13.9 Å². The Kier molecular flexibility index (Phi) is 6.67. The number of anilines is 1. The van der Waals surface area contributed by atoms with E-state index in [-0.39, 0.29) is 11.7 Å². The average Bonchev–Trinajstić information content (AvgIpc) is 3.17. The fourth-order valence-corrected chi connectivity index (χ4v) is 3.41. The van der Waals surface area contributed by atoms with Crippen LogP contribution in [0.15, 0.2) is 48.5 Å². The van der Waals surface area contributed by atoms with E-state index in [9.17, 15) is 9.18 Å². The second-order valence-electron chi connectivity index (χ2n) is 6.12. The van der Waals surface area contributed by atoms with Gasteiger partial charge < -0.3 is 10.1 Å². The van der Waals surface area contributed by atoms with Gasteiger partial charge in [-0.25, -0.2) is 4.39 Å². The molecule has 0 aliphatic rings. The number of benzene rings is 2. The molecule has 0 aliphatic carbocycles.